The molecular weight excluding hydrogens is 238 g/mol. The van der Waals surface area contributed by atoms with E-state index in [2.05, 4.69) is 10.3 Å². The average molecular weight is 255 g/mol. The summed E-state index contributed by atoms with van der Waals surface area (Å²) >= 11 is 0. The summed E-state index contributed by atoms with van der Waals surface area (Å²) in [4.78, 5) is 25.2. The minimum atomic E-state index is -0.624. The summed E-state index contributed by atoms with van der Waals surface area (Å²) in [6, 6.07) is 0. The molecule has 2 heterocycles. The van der Waals surface area contributed by atoms with Gasteiger partial charge in [0.1, 0.15) is 6.23 Å². The monoisotopic (exact) mass is 255 g/mol. The second-order valence-corrected chi connectivity index (χ2v) is 4.47. The van der Waals surface area contributed by atoms with Crippen LogP contribution in [-0.4, -0.2) is 40.5 Å². The van der Waals surface area contributed by atoms with Crippen LogP contribution >= 0.6 is 0 Å². The molecule has 0 spiro atoms. The summed E-state index contributed by atoms with van der Waals surface area (Å²) < 4.78 is 6.92. The number of hydrogen-bond acceptors (Lipinski definition) is 5. The smallest absolute Gasteiger partial charge is 0.330 e. The molecule has 1 aliphatic heterocycles. The lowest BCUT2D eigenvalue weighted by Crippen LogP contribution is -2.34. The van der Waals surface area contributed by atoms with E-state index >= 15 is 0 Å². The third-order valence-corrected chi connectivity index (χ3v) is 3.07. The Morgan fingerprint density at radius 2 is 2.33 bits per heavy atom. The van der Waals surface area contributed by atoms with E-state index in [-0.39, 0.29) is 6.10 Å². The number of aliphatic hydroxyl groups is 1. The van der Waals surface area contributed by atoms with Gasteiger partial charge in [0.15, 0.2) is 0 Å². The van der Waals surface area contributed by atoms with Gasteiger partial charge in [0.05, 0.1) is 12.2 Å². The Hall–Kier alpha value is -1.44. The number of aromatic amines is 1. The summed E-state index contributed by atoms with van der Waals surface area (Å²) in [5.41, 5.74) is -0.487. The van der Waals surface area contributed by atoms with Crippen LogP contribution in [0.2, 0.25) is 0 Å². The van der Waals surface area contributed by atoms with Crippen molar-refractivity contribution in [2.75, 3.05) is 13.6 Å². The van der Waals surface area contributed by atoms with Crippen LogP contribution in [0, 0.1) is 6.92 Å². The first-order chi connectivity index (χ1) is 8.52. The molecule has 1 aromatic heterocycles. The van der Waals surface area contributed by atoms with Gasteiger partial charge in [-0.2, -0.15) is 0 Å². The van der Waals surface area contributed by atoms with Crippen molar-refractivity contribution >= 4 is 0 Å². The predicted octanol–water partition coefficient (Wildman–Crippen LogP) is -1.29. The first kappa shape index (κ1) is 13.0. The van der Waals surface area contributed by atoms with Gasteiger partial charge >= 0.3 is 5.69 Å². The standard InChI is InChI=1S/C11H17N3O4/c1-6-5-14(11(17)13-10(6)16)9-3-7(15)8(18-9)4-12-2/h5,7-9,12,15H,3-4H2,1-2H3,(H,13,16,17). The number of rotatable bonds is 3. The van der Waals surface area contributed by atoms with Gasteiger partial charge in [-0.25, -0.2) is 4.79 Å². The second-order valence-electron chi connectivity index (χ2n) is 4.47. The fourth-order valence-corrected chi connectivity index (χ4v) is 2.07. The van der Waals surface area contributed by atoms with Crippen LogP contribution in [0.1, 0.15) is 18.2 Å². The van der Waals surface area contributed by atoms with E-state index in [1.165, 1.54) is 10.8 Å². The lowest BCUT2D eigenvalue weighted by Gasteiger charge is -2.15. The highest BCUT2D eigenvalue weighted by atomic mass is 16.5. The third-order valence-electron chi connectivity index (χ3n) is 3.07. The van der Waals surface area contributed by atoms with Crippen LogP contribution in [0.25, 0.3) is 0 Å². The van der Waals surface area contributed by atoms with Gasteiger partial charge in [0.25, 0.3) is 5.56 Å². The maximum Gasteiger partial charge on any atom is 0.330 e. The van der Waals surface area contributed by atoms with Crippen molar-refractivity contribution in [3.05, 3.63) is 32.6 Å². The van der Waals surface area contributed by atoms with Gasteiger partial charge in [-0.1, -0.05) is 0 Å². The van der Waals surface area contributed by atoms with Crippen LogP contribution in [0.4, 0.5) is 0 Å². The molecule has 0 radical (unpaired) electrons. The van der Waals surface area contributed by atoms with E-state index in [4.69, 9.17) is 4.74 Å². The van der Waals surface area contributed by atoms with E-state index < -0.39 is 23.6 Å². The predicted molar refractivity (Wildman–Crippen MR) is 64.5 cm³/mol. The summed E-state index contributed by atoms with van der Waals surface area (Å²) in [6.45, 7) is 2.12. The molecule has 3 N–H and O–H groups in total. The van der Waals surface area contributed by atoms with Crippen molar-refractivity contribution in [2.45, 2.75) is 31.8 Å². The number of aryl methyl sites for hydroxylation is 1. The van der Waals surface area contributed by atoms with Gasteiger partial charge in [-0.15, -0.1) is 0 Å². The topological polar surface area (TPSA) is 96.4 Å². The molecule has 1 saturated heterocycles. The van der Waals surface area contributed by atoms with Crippen LogP contribution in [0.3, 0.4) is 0 Å². The van der Waals surface area contributed by atoms with Crippen LogP contribution in [-0.2, 0) is 4.74 Å². The molecule has 1 fully saturated rings. The van der Waals surface area contributed by atoms with Crippen molar-refractivity contribution in [3.8, 4) is 0 Å². The highest BCUT2D eigenvalue weighted by molar-refractivity contribution is 5.02. The molecular formula is C11H17N3O4. The SMILES string of the molecule is CNCC1OC(n2cc(C)c(=O)[nH]c2=O)CC1O. The Bertz CT molecular complexity index is 536. The minimum absolute atomic E-state index is 0.331. The van der Waals surface area contributed by atoms with Crippen LogP contribution in [0.15, 0.2) is 15.8 Å². The minimum Gasteiger partial charge on any atom is -0.390 e. The zero-order chi connectivity index (χ0) is 13.3. The summed E-state index contributed by atoms with van der Waals surface area (Å²) in [7, 11) is 1.76. The lowest BCUT2D eigenvalue weighted by molar-refractivity contribution is -0.0184. The number of nitrogens with one attached hydrogen (secondary N) is 2. The van der Waals surface area contributed by atoms with Gasteiger partial charge in [0, 0.05) is 24.7 Å². The van der Waals surface area contributed by atoms with Gasteiger partial charge in [-0.05, 0) is 14.0 Å². The van der Waals surface area contributed by atoms with E-state index in [0.717, 1.165) is 0 Å². The third kappa shape index (κ3) is 2.38. The van der Waals surface area contributed by atoms with E-state index in [1.54, 1.807) is 14.0 Å². The molecule has 3 atom stereocenters. The summed E-state index contributed by atoms with van der Waals surface area (Å²) in [5.74, 6) is 0. The zero-order valence-electron chi connectivity index (χ0n) is 10.3. The number of H-pyrrole nitrogens is 1. The maximum atomic E-state index is 11.7. The highest BCUT2D eigenvalue weighted by Gasteiger charge is 2.34. The Morgan fingerprint density at radius 3 is 3.00 bits per heavy atom. The number of aromatic nitrogens is 2. The van der Waals surface area contributed by atoms with Crippen LogP contribution < -0.4 is 16.6 Å². The van der Waals surface area contributed by atoms with E-state index in [0.29, 0.717) is 18.5 Å². The maximum absolute atomic E-state index is 11.7. The van der Waals surface area contributed by atoms with Crippen molar-refractivity contribution in [2.24, 2.45) is 0 Å². The Balaban J connectivity index is 2.26. The molecule has 3 unspecified atom stereocenters. The molecule has 0 amide bonds. The molecule has 0 saturated carbocycles. The zero-order valence-corrected chi connectivity index (χ0v) is 10.3. The Morgan fingerprint density at radius 1 is 1.61 bits per heavy atom. The molecule has 0 aromatic carbocycles. The first-order valence-electron chi connectivity index (χ1n) is 5.83. The number of nitrogens with zero attached hydrogens (tertiary/aromatic N) is 1. The quantitative estimate of drug-likeness (QED) is 0.624. The largest absolute Gasteiger partial charge is 0.390 e. The van der Waals surface area contributed by atoms with E-state index in [9.17, 15) is 14.7 Å². The van der Waals surface area contributed by atoms with Gasteiger partial charge < -0.3 is 15.2 Å². The fourth-order valence-electron chi connectivity index (χ4n) is 2.07. The van der Waals surface area contributed by atoms with E-state index in [1.807, 2.05) is 0 Å². The summed E-state index contributed by atoms with van der Waals surface area (Å²) in [5, 5.41) is 12.7. The molecule has 100 valence electrons. The summed E-state index contributed by atoms with van der Waals surface area (Å²) in [6.07, 6.45) is 0.278. The average Bonchev–Trinajstić information content (AvgIpc) is 2.66. The Kier molecular flexibility index (Phi) is 3.65. The number of hydrogen-bond donors (Lipinski definition) is 3. The number of aliphatic hydroxyl groups excluding tert-OH is 1. The molecule has 7 heteroatoms. The second kappa shape index (κ2) is 5.05. The van der Waals surface area contributed by atoms with Crippen molar-refractivity contribution in [1.82, 2.24) is 14.9 Å². The van der Waals surface area contributed by atoms with Gasteiger partial charge in [0.2, 0.25) is 0 Å². The fraction of sp³-hybridized carbons (Fsp3) is 0.636. The van der Waals surface area contributed by atoms with Gasteiger partial charge in [-0.3, -0.25) is 14.3 Å². The molecule has 2 rings (SSSR count). The molecule has 1 aliphatic rings. The van der Waals surface area contributed by atoms with Crippen molar-refractivity contribution in [3.63, 3.8) is 0 Å². The van der Waals surface area contributed by atoms with Crippen LogP contribution in [0.5, 0.6) is 0 Å². The molecule has 0 bridgehead atoms. The first-order valence-corrected chi connectivity index (χ1v) is 5.83. The molecule has 7 nitrogen and oxygen atoms in total. The molecule has 18 heavy (non-hydrogen) atoms. The molecule has 0 aliphatic carbocycles. The highest BCUT2D eigenvalue weighted by Crippen LogP contribution is 2.27. The number of likely N-dealkylation sites (N-methyl/N-ethyl adjacent to an activating group) is 1. The lowest BCUT2D eigenvalue weighted by atomic mass is 10.2. The Labute approximate surface area is 103 Å². The van der Waals surface area contributed by atoms with Crippen molar-refractivity contribution in [1.29, 1.82) is 0 Å². The van der Waals surface area contributed by atoms with Crippen molar-refractivity contribution < 1.29 is 9.84 Å². The normalized spacial score (nSPS) is 27.6. The molecule has 1 aromatic rings. The number of ether oxygens (including phenoxy) is 1.